The Morgan fingerprint density at radius 3 is 2.25 bits per heavy atom. The molecule has 1 aromatic heterocycles. The Kier molecular flexibility index (Phi) is 5.63. The summed E-state index contributed by atoms with van der Waals surface area (Å²) in [4.78, 5) is 11.3. The van der Waals surface area contributed by atoms with Gasteiger partial charge in [-0.15, -0.1) is 0 Å². The molecule has 4 rings (SSSR count). The fourth-order valence-electron chi connectivity index (χ4n) is 3.32. The van der Waals surface area contributed by atoms with Crippen molar-refractivity contribution in [2.24, 2.45) is 5.92 Å². The minimum atomic E-state index is 0.534. The van der Waals surface area contributed by atoms with Crippen LogP contribution in [0.25, 0.3) is 0 Å². The van der Waals surface area contributed by atoms with Crippen molar-refractivity contribution in [1.29, 1.82) is 0 Å². The van der Waals surface area contributed by atoms with E-state index < -0.39 is 0 Å². The molecule has 1 saturated heterocycles. The van der Waals surface area contributed by atoms with Crippen LogP contribution in [0.4, 0.5) is 28.8 Å². The van der Waals surface area contributed by atoms with Crippen LogP contribution in [0.5, 0.6) is 0 Å². The summed E-state index contributed by atoms with van der Waals surface area (Å²) < 4.78 is 0. The molecule has 28 heavy (non-hydrogen) atoms. The first-order valence-corrected chi connectivity index (χ1v) is 10.0. The van der Waals surface area contributed by atoms with E-state index in [1.807, 2.05) is 30.3 Å². The average molecular weight is 394 g/mol. The van der Waals surface area contributed by atoms with E-state index in [0.717, 1.165) is 36.2 Å². The molecule has 0 unspecified atom stereocenters. The lowest BCUT2D eigenvalue weighted by Gasteiger charge is -2.32. The van der Waals surface area contributed by atoms with Crippen molar-refractivity contribution in [2.45, 2.75) is 19.8 Å². The van der Waals surface area contributed by atoms with Gasteiger partial charge in [-0.2, -0.15) is 4.98 Å². The molecule has 5 nitrogen and oxygen atoms in total. The van der Waals surface area contributed by atoms with Crippen molar-refractivity contribution < 1.29 is 0 Å². The second kappa shape index (κ2) is 8.48. The van der Waals surface area contributed by atoms with Crippen LogP contribution in [0.1, 0.15) is 19.8 Å². The lowest BCUT2D eigenvalue weighted by atomic mass is 9.99. The number of aromatic nitrogens is 2. The summed E-state index contributed by atoms with van der Waals surface area (Å²) >= 11 is 5.93. The fraction of sp³-hybridized carbons (Fsp3) is 0.273. The molecule has 144 valence electrons. The number of piperidine rings is 1. The van der Waals surface area contributed by atoms with Crippen LogP contribution in [0.3, 0.4) is 0 Å². The van der Waals surface area contributed by atoms with Crippen LogP contribution in [-0.4, -0.2) is 23.1 Å². The summed E-state index contributed by atoms with van der Waals surface area (Å²) in [5.41, 5.74) is 3.18. The molecule has 2 heterocycles. The third-order valence-electron chi connectivity index (χ3n) is 5.04. The van der Waals surface area contributed by atoms with Gasteiger partial charge in [0, 0.05) is 41.4 Å². The number of nitrogens with zero attached hydrogens (tertiary/aromatic N) is 3. The van der Waals surface area contributed by atoms with E-state index in [2.05, 4.69) is 56.7 Å². The minimum Gasteiger partial charge on any atom is -0.372 e. The number of hydrogen-bond donors (Lipinski definition) is 2. The van der Waals surface area contributed by atoms with Crippen LogP contribution < -0.4 is 15.5 Å². The Labute approximate surface area is 170 Å². The van der Waals surface area contributed by atoms with Crippen molar-refractivity contribution >= 4 is 40.4 Å². The van der Waals surface area contributed by atoms with Gasteiger partial charge in [-0.25, -0.2) is 4.98 Å². The molecule has 6 heteroatoms. The van der Waals surface area contributed by atoms with Crippen molar-refractivity contribution in [1.82, 2.24) is 9.97 Å². The number of anilines is 5. The number of nitrogens with one attached hydrogen (secondary N) is 2. The molecular formula is C22H24ClN5. The largest absolute Gasteiger partial charge is 0.372 e. The lowest BCUT2D eigenvalue weighted by Crippen LogP contribution is -2.32. The van der Waals surface area contributed by atoms with Crippen LogP contribution >= 0.6 is 11.6 Å². The first-order valence-electron chi connectivity index (χ1n) is 9.63. The van der Waals surface area contributed by atoms with E-state index >= 15 is 0 Å². The molecule has 0 radical (unpaired) electrons. The molecule has 0 amide bonds. The third kappa shape index (κ3) is 4.73. The molecule has 1 fully saturated rings. The highest BCUT2D eigenvalue weighted by Crippen LogP contribution is 2.25. The van der Waals surface area contributed by atoms with Crippen molar-refractivity contribution in [3.63, 3.8) is 0 Å². The van der Waals surface area contributed by atoms with Gasteiger partial charge in [-0.3, -0.25) is 0 Å². The van der Waals surface area contributed by atoms with Crippen LogP contribution in [0.2, 0.25) is 5.02 Å². The van der Waals surface area contributed by atoms with Gasteiger partial charge in [0.25, 0.3) is 0 Å². The lowest BCUT2D eigenvalue weighted by molar-refractivity contribution is 0.438. The number of halogens is 1. The Bertz CT molecular complexity index is 903. The molecule has 0 aliphatic carbocycles. The molecule has 0 bridgehead atoms. The van der Waals surface area contributed by atoms with Gasteiger partial charge in [-0.1, -0.05) is 18.5 Å². The van der Waals surface area contributed by atoms with Crippen LogP contribution in [0, 0.1) is 5.92 Å². The molecule has 0 saturated carbocycles. The Morgan fingerprint density at radius 1 is 0.893 bits per heavy atom. The SMILES string of the molecule is CC1CCN(c2ccc(Nc3ccnc(Nc4ccc(Cl)cc4)n3)cc2)CC1. The second-order valence-electron chi connectivity index (χ2n) is 7.24. The smallest absolute Gasteiger partial charge is 0.229 e. The van der Waals surface area contributed by atoms with Crippen molar-refractivity contribution in [3.8, 4) is 0 Å². The minimum absolute atomic E-state index is 0.534. The fourth-order valence-corrected chi connectivity index (χ4v) is 3.45. The molecule has 2 N–H and O–H groups in total. The van der Waals surface area contributed by atoms with Gasteiger partial charge < -0.3 is 15.5 Å². The summed E-state index contributed by atoms with van der Waals surface area (Å²) in [7, 11) is 0. The van der Waals surface area contributed by atoms with Crippen molar-refractivity contribution in [3.05, 3.63) is 65.8 Å². The van der Waals surface area contributed by atoms with Crippen LogP contribution in [0.15, 0.2) is 60.8 Å². The number of rotatable bonds is 5. The van der Waals surface area contributed by atoms with Gasteiger partial charge in [0.05, 0.1) is 0 Å². The zero-order chi connectivity index (χ0) is 19.3. The second-order valence-corrected chi connectivity index (χ2v) is 7.68. The molecular weight excluding hydrogens is 370 g/mol. The van der Waals surface area contributed by atoms with Crippen molar-refractivity contribution in [2.75, 3.05) is 28.6 Å². The number of benzene rings is 2. The molecule has 3 aromatic rings. The Hall–Kier alpha value is -2.79. The summed E-state index contributed by atoms with van der Waals surface area (Å²) in [6.07, 6.45) is 4.27. The maximum Gasteiger partial charge on any atom is 0.229 e. The van der Waals surface area contributed by atoms with Gasteiger partial charge in [-0.05, 0) is 73.4 Å². The first-order chi connectivity index (χ1) is 13.7. The van der Waals surface area contributed by atoms with E-state index in [1.54, 1.807) is 6.20 Å². The van der Waals surface area contributed by atoms with E-state index in [0.29, 0.717) is 11.0 Å². The zero-order valence-electron chi connectivity index (χ0n) is 15.9. The highest BCUT2D eigenvalue weighted by Gasteiger charge is 2.15. The molecule has 2 aromatic carbocycles. The zero-order valence-corrected chi connectivity index (χ0v) is 16.7. The first kappa shape index (κ1) is 18.6. The van der Waals surface area contributed by atoms with Crippen LogP contribution in [-0.2, 0) is 0 Å². The summed E-state index contributed by atoms with van der Waals surface area (Å²) in [6.45, 7) is 4.61. The van der Waals surface area contributed by atoms with E-state index in [9.17, 15) is 0 Å². The molecule has 0 atom stereocenters. The highest BCUT2D eigenvalue weighted by molar-refractivity contribution is 6.30. The maximum atomic E-state index is 5.93. The van der Waals surface area contributed by atoms with E-state index in [1.165, 1.54) is 18.5 Å². The highest BCUT2D eigenvalue weighted by atomic mass is 35.5. The van der Waals surface area contributed by atoms with E-state index in [4.69, 9.17) is 11.6 Å². The summed E-state index contributed by atoms with van der Waals surface area (Å²) in [5.74, 6) is 2.11. The Balaban J connectivity index is 1.40. The maximum absolute atomic E-state index is 5.93. The average Bonchev–Trinajstić information content (AvgIpc) is 2.71. The standard InChI is InChI=1S/C22H24ClN5/c1-16-11-14-28(15-12-16)20-8-6-18(7-9-20)25-21-10-13-24-22(27-21)26-19-4-2-17(23)3-5-19/h2-10,13,16H,11-12,14-15H2,1H3,(H2,24,25,26,27). The van der Waals surface area contributed by atoms with Gasteiger partial charge >= 0.3 is 0 Å². The predicted octanol–water partition coefficient (Wildman–Crippen LogP) is 5.85. The normalized spacial score (nSPS) is 14.7. The number of hydrogen-bond acceptors (Lipinski definition) is 5. The summed E-state index contributed by atoms with van der Waals surface area (Å²) in [6, 6.07) is 17.8. The molecule has 1 aliphatic rings. The molecule has 1 aliphatic heterocycles. The monoisotopic (exact) mass is 393 g/mol. The van der Waals surface area contributed by atoms with Gasteiger partial charge in [0.15, 0.2) is 0 Å². The topological polar surface area (TPSA) is 53.1 Å². The third-order valence-corrected chi connectivity index (χ3v) is 5.30. The Morgan fingerprint density at radius 2 is 1.54 bits per heavy atom. The van der Waals surface area contributed by atoms with E-state index in [-0.39, 0.29) is 0 Å². The predicted molar refractivity (Wildman–Crippen MR) is 117 cm³/mol. The quantitative estimate of drug-likeness (QED) is 0.569. The van der Waals surface area contributed by atoms with Gasteiger partial charge in [0.2, 0.25) is 5.95 Å². The molecule has 0 spiro atoms. The summed E-state index contributed by atoms with van der Waals surface area (Å²) in [5, 5.41) is 7.23. The van der Waals surface area contributed by atoms with Gasteiger partial charge in [0.1, 0.15) is 5.82 Å².